The number of hydrogen-bond acceptors (Lipinski definition) is 4. The summed E-state index contributed by atoms with van der Waals surface area (Å²) in [7, 11) is 0. The molecule has 21 heavy (non-hydrogen) atoms. The number of nitrogens with zero attached hydrogens (tertiary/aromatic N) is 3. The second-order valence-corrected chi connectivity index (χ2v) is 5.30. The summed E-state index contributed by atoms with van der Waals surface area (Å²) in [6.45, 7) is 1.98. The molecule has 1 aromatic carbocycles. The summed E-state index contributed by atoms with van der Waals surface area (Å²) in [6, 6.07) is 9.39. The van der Waals surface area contributed by atoms with Crippen LogP contribution in [0.3, 0.4) is 0 Å². The molecule has 6 heteroatoms. The van der Waals surface area contributed by atoms with E-state index in [0.717, 1.165) is 16.5 Å². The summed E-state index contributed by atoms with van der Waals surface area (Å²) in [4.78, 5) is 16.6. The Balaban J connectivity index is 1.89. The Morgan fingerprint density at radius 2 is 2.14 bits per heavy atom. The van der Waals surface area contributed by atoms with Crippen molar-refractivity contribution < 1.29 is 4.79 Å². The van der Waals surface area contributed by atoms with E-state index in [2.05, 4.69) is 15.4 Å². The van der Waals surface area contributed by atoms with Gasteiger partial charge in [-0.2, -0.15) is 5.10 Å². The Bertz CT molecular complexity index is 734. The number of aromatic nitrogens is 3. The number of anilines is 1. The minimum atomic E-state index is -0.152. The maximum atomic E-state index is 12.4. The number of nitrogens with one attached hydrogen (secondary N) is 1. The molecule has 0 fully saturated rings. The average molecular weight is 298 g/mol. The summed E-state index contributed by atoms with van der Waals surface area (Å²) in [5, 5.41) is 9.95. The third kappa shape index (κ3) is 2.85. The quantitative estimate of drug-likeness (QED) is 0.805. The Hall–Kier alpha value is -2.47. The summed E-state index contributed by atoms with van der Waals surface area (Å²) < 4.78 is 1.66. The van der Waals surface area contributed by atoms with Crippen LogP contribution in [0.1, 0.15) is 23.0 Å². The monoisotopic (exact) mass is 298 g/mol. The lowest BCUT2D eigenvalue weighted by molar-refractivity contribution is 0.102. The van der Waals surface area contributed by atoms with Gasteiger partial charge in [0.15, 0.2) is 0 Å². The van der Waals surface area contributed by atoms with Gasteiger partial charge in [0.05, 0.1) is 11.3 Å². The number of rotatable bonds is 4. The summed E-state index contributed by atoms with van der Waals surface area (Å²) in [6.07, 6.45) is 4.14. The van der Waals surface area contributed by atoms with E-state index >= 15 is 0 Å². The second kappa shape index (κ2) is 5.88. The van der Waals surface area contributed by atoms with E-state index in [1.54, 1.807) is 17.1 Å². The van der Waals surface area contributed by atoms with E-state index in [0.29, 0.717) is 12.0 Å². The van der Waals surface area contributed by atoms with Crippen molar-refractivity contribution in [2.75, 3.05) is 5.32 Å². The average Bonchev–Trinajstić information content (AvgIpc) is 3.17. The van der Waals surface area contributed by atoms with Gasteiger partial charge in [-0.1, -0.05) is 25.1 Å². The van der Waals surface area contributed by atoms with Gasteiger partial charge < -0.3 is 5.32 Å². The molecule has 5 nitrogen and oxygen atoms in total. The minimum Gasteiger partial charge on any atom is -0.322 e. The molecule has 0 aliphatic rings. The third-order valence-electron chi connectivity index (χ3n) is 3.02. The van der Waals surface area contributed by atoms with E-state index < -0.39 is 0 Å². The molecule has 0 radical (unpaired) electrons. The first-order valence-corrected chi connectivity index (χ1v) is 7.50. The third-order valence-corrected chi connectivity index (χ3v) is 3.78. The molecular weight excluding hydrogens is 284 g/mol. The van der Waals surface area contributed by atoms with Gasteiger partial charge in [-0.25, -0.2) is 9.67 Å². The number of para-hydroxylation sites is 1. The lowest BCUT2D eigenvalue weighted by Gasteiger charge is -2.03. The van der Waals surface area contributed by atoms with E-state index in [9.17, 15) is 4.79 Å². The van der Waals surface area contributed by atoms with Gasteiger partial charge in [0.2, 0.25) is 5.13 Å². The predicted molar refractivity (Wildman–Crippen MR) is 83.0 cm³/mol. The van der Waals surface area contributed by atoms with Crippen molar-refractivity contribution in [1.82, 2.24) is 14.8 Å². The van der Waals surface area contributed by atoms with Crippen LogP contribution < -0.4 is 5.32 Å². The number of amides is 1. The largest absolute Gasteiger partial charge is 0.322 e. The molecular formula is C15H14N4OS. The van der Waals surface area contributed by atoms with Crippen LogP contribution in [-0.4, -0.2) is 20.7 Å². The molecule has 0 bridgehead atoms. The molecule has 2 aromatic heterocycles. The van der Waals surface area contributed by atoms with Gasteiger partial charge in [-0.05, 0) is 18.6 Å². The highest BCUT2D eigenvalue weighted by Crippen LogP contribution is 2.16. The van der Waals surface area contributed by atoms with Crippen LogP contribution in [0, 0.1) is 0 Å². The Morgan fingerprint density at radius 3 is 2.81 bits per heavy atom. The van der Waals surface area contributed by atoms with E-state index in [-0.39, 0.29) is 5.91 Å². The van der Waals surface area contributed by atoms with Gasteiger partial charge in [0.1, 0.15) is 0 Å². The predicted octanol–water partition coefficient (Wildman–Crippen LogP) is 3.14. The van der Waals surface area contributed by atoms with Crippen LogP contribution in [0.5, 0.6) is 0 Å². The van der Waals surface area contributed by atoms with Crippen molar-refractivity contribution in [2.24, 2.45) is 0 Å². The van der Waals surface area contributed by atoms with Crippen LogP contribution in [-0.2, 0) is 6.42 Å². The van der Waals surface area contributed by atoms with E-state index in [4.69, 9.17) is 0 Å². The lowest BCUT2D eigenvalue weighted by Crippen LogP contribution is -2.12. The number of benzene rings is 1. The van der Waals surface area contributed by atoms with Crippen molar-refractivity contribution in [3.63, 3.8) is 0 Å². The first-order chi connectivity index (χ1) is 10.3. The molecule has 2 heterocycles. The lowest BCUT2D eigenvalue weighted by atomic mass is 10.2. The molecule has 0 unspecified atom stereocenters. The van der Waals surface area contributed by atoms with Crippen molar-refractivity contribution in [3.8, 4) is 5.13 Å². The molecule has 3 rings (SSSR count). The van der Waals surface area contributed by atoms with Crippen LogP contribution in [0.4, 0.5) is 5.69 Å². The van der Waals surface area contributed by atoms with Crippen LogP contribution in [0.25, 0.3) is 5.13 Å². The molecule has 0 spiro atoms. The number of carbonyl (C=O) groups is 1. The maximum Gasteiger partial charge on any atom is 0.259 e. The zero-order valence-corrected chi connectivity index (χ0v) is 12.3. The first kappa shape index (κ1) is 13.5. The Labute approximate surface area is 126 Å². The molecule has 106 valence electrons. The normalized spacial score (nSPS) is 10.5. The number of carbonyl (C=O) groups excluding carboxylic acids is 1. The van der Waals surface area contributed by atoms with Gasteiger partial charge in [-0.15, -0.1) is 11.3 Å². The highest BCUT2D eigenvalue weighted by atomic mass is 32.1. The fourth-order valence-corrected chi connectivity index (χ4v) is 2.57. The van der Waals surface area contributed by atoms with Gasteiger partial charge >= 0.3 is 0 Å². The SMILES string of the molecule is CCc1nn(-c2nccs2)cc1C(=O)Nc1ccccc1. The maximum absolute atomic E-state index is 12.4. The van der Waals surface area contributed by atoms with Gasteiger partial charge in [0.25, 0.3) is 5.91 Å². The Kier molecular flexibility index (Phi) is 3.79. The highest BCUT2D eigenvalue weighted by molar-refractivity contribution is 7.12. The fraction of sp³-hybridized carbons (Fsp3) is 0.133. The van der Waals surface area contributed by atoms with E-state index in [1.807, 2.05) is 42.6 Å². The van der Waals surface area contributed by atoms with Crippen molar-refractivity contribution in [3.05, 3.63) is 59.4 Å². The van der Waals surface area contributed by atoms with Crippen LogP contribution in [0.15, 0.2) is 48.1 Å². The molecule has 3 aromatic rings. The number of aryl methyl sites for hydroxylation is 1. The van der Waals surface area contributed by atoms with Crippen LogP contribution in [0.2, 0.25) is 0 Å². The first-order valence-electron chi connectivity index (χ1n) is 6.62. The molecule has 0 saturated carbocycles. The Morgan fingerprint density at radius 1 is 1.33 bits per heavy atom. The smallest absolute Gasteiger partial charge is 0.259 e. The standard InChI is InChI=1S/C15H14N4OS/c1-2-13-12(10-19(18-13)15-16-8-9-21-15)14(20)17-11-6-4-3-5-7-11/h3-10H,2H2,1H3,(H,17,20). The van der Waals surface area contributed by atoms with Crippen molar-refractivity contribution in [1.29, 1.82) is 0 Å². The zero-order valence-electron chi connectivity index (χ0n) is 11.5. The van der Waals surface area contributed by atoms with Crippen molar-refractivity contribution in [2.45, 2.75) is 13.3 Å². The molecule has 0 aliphatic carbocycles. The number of thiazole rings is 1. The topological polar surface area (TPSA) is 59.8 Å². The zero-order chi connectivity index (χ0) is 14.7. The molecule has 0 aliphatic heterocycles. The summed E-state index contributed by atoms with van der Waals surface area (Å²) >= 11 is 1.48. The minimum absolute atomic E-state index is 0.152. The van der Waals surface area contributed by atoms with E-state index in [1.165, 1.54) is 11.3 Å². The van der Waals surface area contributed by atoms with Crippen LogP contribution >= 0.6 is 11.3 Å². The van der Waals surface area contributed by atoms with Crippen molar-refractivity contribution >= 4 is 22.9 Å². The second-order valence-electron chi connectivity index (χ2n) is 4.42. The molecule has 1 amide bonds. The highest BCUT2D eigenvalue weighted by Gasteiger charge is 2.16. The van der Waals surface area contributed by atoms with Gasteiger partial charge in [-0.3, -0.25) is 4.79 Å². The fourth-order valence-electron chi connectivity index (χ4n) is 2.01. The molecule has 1 N–H and O–H groups in total. The molecule has 0 saturated heterocycles. The summed E-state index contributed by atoms with van der Waals surface area (Å²) in [5.74, 6) is -0.152. The summed E-state index contributed by atoms with van der Waals surface area (Å²) in [5.41, 5.74) is 2.11. The number of hydrogen-bond donors (Lipinski definition) is 1. The van der Waals surface area contributed by atoms with Gasteiger partial charge in [0, 0.05) is 23.5 Å². The molecule has 0 atom stereocenters.